The van der Waals surface area contributed by atoms with Crippen molar-refractivity contribution < 1.29 is 43.1 Å². The second kappa shape index (κ2) is 62.5. The third kappa shape index (κ3) is 56.9. The first kappa shape index (κ1) is 72.7. The zero-order valence-corrected chi connectivity index (χ0v) is 49.9. The van der Waals surface area contributed by atoms with Crippen LogP contribution in [0.2, 0.25) is 0 Å². The average Bonchev–Trinajstić information content (AvgIpc) is 3.40. The highest BCUT2D eigenvalue weighted by molar-refractivity contribution is 5.69. The van der Waals surface area contributed by atoms with E-state index in [1.807, 2.05) is 0 Å². The Labute approximate surface area is 459 Å². The molecule has 0 bridgehead atoms. The summed E-state index contributed by atoms with van der Waals surface area (Å²) in [6.07, 6.45) is 51.8. The molecule has 442 valence electrons. The summed E-state index contributed by atoms with van der Waals surface area (Å²) in [5.74, 6) is -0.302. The van der Waals surface area contributed by atoms with E-state index in [0.29, 0.717) is 65.3 Å². The van der Waals surface area contributed by atoms with Gasteiger partial charge in [-0.15, -0.1) is 0 Å². The van der Waals surface area contributed by atoms with E-state index in [4.69, 9.17) is 28.4 Å². The Bertz CT molecular complexity index is 1050. The maximum absolute atomic E-state index is 12.7. The summed E-state index contributed by atoms with van der Waals surface area (Å²) in [5.41, 5.74) is 0. The number of hydrogen-bond donors (Lipinski definition) is 1. The molecule has 0 saturated carbocycles. The van der Waals surface area contributed by atoms with Gasteiger partial charge in [-0.25, -0.2) is 0 Å². The van der Waals surface area contributed by atoms with Gasteiger partial charge in [0.15, 0.2) is 12.6 Å². The van der Waals surface area contributed by atoms with E-state index in [1.54, 1.807) is 0 Å². The number of esters is 2. The van der Waals surface area contributed by atoms with Crippen LogP contribution >= 0.6 is 0 Å². The topological polar surface area (TPSA) is 113 Å². The lowest BCUT2D eigenvalue weighted by Crippen LogP contribution is -2.27. The van der Waals surface area contributed by atoms with Crippen molar-refractivity contribution in [2.75, 3.05) is 65.9 Å². The van der Waals surface area contributed by atoms with Crippen LogP contribution in [0.3, 0.4) is 0 Å². The summed E-state index contributed by atoms with van der Waals surface area (Å²) in [7, 11) is 0. The number of hydrogen-bond acceptors (Lipinski definition) is 10. The van der Waals surface area contributed by atoms with Gasteiger partial charge >= 0.3 is 11.9 Å². The number of carbonyl (C=O) groups excluding carboxylic acids is 2. The molecule has 0 aliphatic carbocycles. The van der Waals surface area contributed by atoms with E-state index in [0.717, 1.165) is 110 Å². The zero-order chi connectivity index (χ0) is 53.7. The number of ether oxygens (including phenoxy) is 6. The lowest BCUT2D eigenvalue weighted by Gasteiger charge is -2.22. The van der Waals surface area contributed by atoms with Gasteiger partial charge in [0, 0.05) is 45.9 Å². The molecule has 0 fully saturated rings. The highest BCUT2D eigenvalue weighted by Crippen LogP contribution is 2.17. The first-order valence-corrected chi connectivity index (χ1v) is 32.6. The van der Waals surface area contributed by atoms with Gasteiger partial charge in [0.2, 0.25) is 0 Å². The maximum Gasteiger partial charge on any atom is 0.305 e. The van der Waals surface area contributed by atoms with Gasteiger partial charge in [-0.2, -0.15) is 0 Å². The molecular formula is C64H127NO9. The van der Waals surface area contributed by atoms with Crippen LogP contribution in [0, 0.1) is 0 Å². The van der Waals surface area contributed by atoms with Crippen molar-refractivity contribution in [1.29, 1.82) is 0 Å². The molecule has 0 aromatic heterocycles. The van der Waals surface area contributed by atoms with Crippen molar-refractivity contribution in [3.63, 3.8) is 0 Å². The van der Waals surface area contributed by atoms with Crippen LogP contribution in [0.5, 0.6) is 0 Å². The van der Waals surface area contributed by atoms with Crippen molar-refractivity contribution >= 4 is 11.9 Å². The third-order valence-electron chi connectivity index (χ3n) is 14.5. The van der Waals surface area contributed by atoms with Crippen LogP contribution in [0.15, 0.2) is 0 Å². The molecule has 10 nitrogen and oxygen atoms in total. The van der Waals surface area contributed by atoms with Crippen LogP contribution < -0.4 is 0 Å². The lowest BCUT2D eigenvalue weighted by molar-refractivity contribution is -0.159. The van der Waals surface area contributed by atoms with Gasteiger partial charge in [-0.05, 0) is 90.3 Å². The van der Waals surface area contributed by atoms with E-state index >= 15 is 0 Å². The first-order valence-electron chi connectivity index (χ1n) is 32.6. The zero-order valence-electron chi connectivity index (χ0n) is 49.9. The van der Waals surface area contributed by atoms with Crippen molar-refractivity contribution in [2.45, 2.75) is 336 Å². The molecular weight excluding hydrogens is 927 g/mol. The van der Waals surface area contributed by atoms with E-state index < -0.39 is 0 Å². The quantitative estimate of drug-likeness (QED) is 0.0359. The standard InChI is InChI=1S/C64H127NO9/c1-5-9-13-17-21-25-31-42-57-71-63(72-58-43-32-26-22-18-14-10-6-2)49-47-61(67)69-55-41-35-29-30-37-51-65(53-39-40-54-66)52-38-36-46-56-70-62(68)48-50-64(73-59-44-33-27-23-19-15-11-7-3)74-60-45-34-28-24-20-16-12-8-4/h63-64,66H,5-60H2,1-4H3. The monoisotopic (exact) mass is 1050 g/mol. The molecule has 0 aliphatic heterocycles. The van der Waals surface area contributed by atoms with E-state index in [9.17, 15) is 14.7 Å². The van der Waals surface area contributed by atoms with Crippen molar-refractivity contribution in [3.8, 4) is 0 Å². The van der Waals surface area contributed by atoms with Crippen LogP contribution in [0.4, 0.5) is 0 Å². The molecule has 0 aromatic rings. The van der Waals surface area contributed by atoms with Gasteiger partial charge in [-0.1, -0.05) is 227 Å². The van der Waals surface area contributed by atoms with E-state index in [-0.39, 0.29) is 31.1 Å². The van der Waals surface area contributed by atoms with Crippen LogP contribution in [-0.4, -0.2) is 100 Å². The van der Waals surface area contributed by atoms with Crippen molar-refractivity contribution in [3.05, 3.63) is 0 Å². The highest BCUT2D eigenvalue weighted by atomic mass is 16.7. The number of unbranched alkanes of at least 4 members (excludes halogenated alkanes) is 35. The summed E-state index contributed by atoms with van der Waals surface area (Å²) < 4.78 is 36.0. The Kier molecular flexibility index (Phi) is 61.4. The summed E-state index contributed by atoms with van der Waals surface area (Å²) in [4.78, 5) is 28.0. The number of aliphatic hydroxyl groups is 1. The fraction of sp³-hybridized carbons (Fsp3) is 0.969. The second-order valence-electron chi connectivity index (χ2n) is 21.9. The number of rotatable bonds is 64. The molecule has 0 atom stereocenters. The molecule has 0 amide bonds. The Morgan fingerprint density at radius 3 is 0.824 bits per heavy atom. The first-order chi connectivity index (χ1) is 36.5. The minimum atomic E-state index is -0.336. The molecule has 10 heteroatoms. The Morgan fingerprint density at radius 1 is 0.311 bits per heavy atom. The van der Waals surface area contributed by atoms with Gasteiger partial charge in [0.1, 0.15) is 0 Å². The van der Waals surface area contributed by atoms with Gasteiger partial charge in [0.05, 0.1) is 26.1 Å². The SMILES string of the molecule is CCCCCCCCCCOC(CCC(=O)OCCCCCCCN(CCCCO)CCCCCOC(=O)CCC(OCCCCCCCCCC)OCCCCCCCCCC)OCCCCCCCCCC. The van der Waals surface area contributed by atoms with Crippen molar-refractivity contribution in [1.82, 2.24) is 4.90 Å². The minimum absolute atomic E-state index is 0.147. The molecule has 0 aromatic carbocycles. The molecule has 0 unspecified atom stereocenters. The van der Waals surface area contributed by atoms with Crippen molar-refractivity contribution in [2.24, 2.45) is 0 Å². The normalized spacial score (nSPS) is 11.8. The van der Waals surface area contributed by atoms with Gasteiger partial charge < -0.3 is 38.4 Å². The third-order valence-corrected chi connectivity index (χ3v) is 14.5. The molecule has 0 aliphatic rings. The number of carbonyl (C=O) groups is 2. The maximum atomic E-state index is 12.7. The predicted octanol–water partition coefficient (Wildman–Crippen LogP) is 18.1. The summed E-state index contributed by atoms with van der Waals surface area (Å²) in [6.45, 7) is 16.1. The van der Waals surface area contributed by atoms with Crippen LogP contribution in [0.1, 0.15) is 323 Å². The van der Waals surface area contributed by atoms with Crippen LogP contribution in [-0.2, 0) is 38.0 Å². The number of nitrogens with zero attached hydrogens (tertiary/aromatic N) is 1. The fourth-order valence-corrected chi connectivity index (χ4v) is 9.58. The Morgan fingerprint density at radius 2 is 0.541 bits per heavy atom. The van der Waals surface area contributed by atoms with E-state index in [2.05, 4.69) is 32.6 Å². The van der Waals surface area contributed by atoms with Gasteiger partial charge in [0.25, 0.3) is 0 Å². The van der Waals surface area contributed by atoms with Gasteiger partial charge in [-0.3, -0.25) is 9.59 Å². The Hall–Kier alpha value is -1.30. The lowest BCUT2D eigenvalue weighted by atomic mass is 10.1. The van der Waals surface area contributed by atoms with E-state index in [1.165, 1.54) is 180 Å². The Balaban J connectivity index is 4.44. The molecule has 0 radical (unpaired) electrons. The molecule has 0 saturated heterocycles. The highest BCUT2D eigenvalue weighted by Gasteiger charge is 2.16. The van der Waals surface area contributed by atoms with Crippen LogP contribution in [0.25, 0.3) is 0 Å². The predicted molar refractivity (Wildman–Crippen MR) is 312 cm³/mol. The molecule has 0 spiro atoms. The fourth-order valence-electron chi connectivity index (χ4n) is 9.58. The minimum Gasteiger partial charge on any atom is -0.466 e. The largest absolute Gasteiger partial charge is 0.466 e. The second-order valence-corrected chi connectivity index (χ2v) is 21.9. The summed E-state index contributed by atoms with van der Waals surface area (Å²) >= 11 is 0. The molecule has 0 rings (SSSR count). The molecule has 74 heavy (non-hydrogen) atoms. The molecule has 0 heterocycles. The smallest absolute Gasteiger partial charge is 0.305 e. The summed E-state index contributed by atoms with van der Waals surface area (Å²) in [6, 6.07) is 0. The average molecular weight is 1050 g/mol. The summed E-state index contributed by atoms with van der Waals surface area (Å²) in [5, 5.41) is 9.40. The molecule has 1 N–H and O–H groups in total. The number of aliphatic hydroxyl groups excluding tert-OH is 1.